The summed E-state index contributed by atoms with van der Waals surface area (Å²) < 4.78 is 28.3. The van der Waals surface area contributed by atoms with Crippen LogP contribution in [0.25, 0.3) is 0 Å². The number of likely N-dealkylation sites (tertiary alicyclic amines) is 1. The fourth-order valence-corrected chi connectivity index (χ4v) is 4.83. The first-order chi connectivity index (χ1) is 11.3. The summed E-state index contributed by atoms with van der Waals surface area (Å²) >= 11 is 0. The second kappa shape index (κ2) is 7.72. The molecule has 1 N–H and O–H groups in total. The highest BCUT2D eigenvalue weighted by Gasteiger charge is 2.45. The van der Waals surface area contributed by atoms with Crippen LogP contribution < -0.4 is 5.32 Å². The van der Waals surface area contributed by atoms with Gasteiger partial charge < -0.3 is 15.0 Å². The minimum atomic E-state index is -2.98. The monoisotopic (exact) mass is 359 g/mol. The Balaban J connectivity index is 1.91. The van der Waals surface area contributed by atoms with E-state index in [9.17, 15) is 13.2 Å². The summed E-state index contributed by atoms with van der Waals surface area (Å²) in [5, 5.41) is 3.32. The molecule has 1 aliphatic carbocycles. The number of sulfone groups is 1. The molecule has 0 aromatic rings. The summed E-state index contributed by atoms with van der Waals surface area (Å²) in [4.78, 5) is 18.3. The quantitative estimate of drug-likeness (QED) is 0.426. The third-order valence-electron chi connectivity index (χ3n) is 4.70. The summed E-state index contributed by atoms with van der Waals surface area (Å²) in [6.07, 6.45) is 4.89. The van der Waals surface area contributed by atoms with Crippen molar-refractivity contribution in [3.8, 4) is 0 Å². The molecule has 0 unspecified atom stereocenters. The molecule has 0 aromatic heterocycles. The number of rotatable bonds is 6. The van der Waals surface area contributed by atoms with E-state index in [2.05, 4.69) is 15.2 Å². The number of hydrogen-bond donors (Lipinski definition) is 1. The van der Waals surface area contributed by atoms with Crippen LogP contribution in [0.3, 0.4) is 0 Å². The van der Waals surface area contributed by atoms with Gasteiger partial charge in [0.2, 0.25) is 0 Å². The van der Waals surface area contributed by atoms with E-state index in [4.69, 9.17) is 4.74 Å². The molecular weight excluding hydrogens is 330 g/mol. The third kappa shape index (κ3) is 5.36. The maximum Gasteiger partial charge on any atom is 0.310 e. The number of esters is 1. The second-order valence-electron chi connectivity index (χ2n) is 7.01. The Morgan fingerprint density at radius 2 is 2.12 bits per heavy atom. The van der Waals surface area contributed by atoms with Crippen LogP contribution in [0.15, 0.2) is 4.99 Å². The highest BCUT2D eigenvalue weighted by Crippen LogP contribution is 2.46. The zero-order valence-electron chi connectivity index (χ0n) is 14.9. The van der Waals surface area contributed by atoms with Crippen LogP contribution in [0, 0.1) is 11.3 Å². The number of guanidine groups is 1. The molecule has 1 atom stereocenters. The highest BCUT2D eigenvalue weighted by molar-refractivity contribution is 7.90. The van der Waals surface area contributed by atoms with Crippen molar-refractivity contribution in [1.82, 2.24) is 10.2 Å². The Hall–Kier alpha value is -1.31. The first kappa shape index (κ1) is 19.0. The van der Waals surface area contributed by atoms with Gasteiger partial charge in [-0.1, -0.05) is 0 Å². The van der Waals surface area contributed by atoms with Crippen molar-refractivity contribution in [1.29, 1.82) is 0 Å². The molecule has 24 heavy (non-hydrogen) atoms. The summed E-state index contributed by atoms with van der Waals surface area (Å²) in [5.41, 5.74) is -0.153. The molecule has 8 heteroatoms. The van der Waals surface area contributed by atoms with Crippen LogP contribution in [0.1, 0.15) is 32.6 Å². The van der Waals surface area contributed by atoms with Gasteiger partial charge in [-0.05, 0) is 32.6 Å². The Bertz CT molecular complexity index is 584. The average molecular weight is 359 g/mol. The van der Waals surface area contributed by atoms with Gasteiger partial charge in [-0.3, -0.25) is 9.79 Å². The van der Waals surface area contributed by atoms with E-state index in [1.165, 1.54) is 6.26 Å². The van der Waals surface area contributed by atoms with E-state index < -0.39 is 9.84 Å². The number of piperidine rings is 1. The number of carbonyl (C=O) groups is 1. The number of aliphatic imine (C=N–C) groups is 1. The Morgan fingerprint density at radius 3 is 2.67 bits per heavy atom. The Kier molecular flexibility index (Phi) is 6.11. The lowest BCUT2D eigenvalue weighted by Gasteiger charge is -2.34. The van der Waals surface area contributed by atoms with Crippen LogP contribution >= 0.6 is 0 Å². The topological polar surface area (TPSA) is 88.1 Å². The molecule has 1 saturated carbocycles. The number of nitrogens with zero attached hydrogens (tertiary/aromatic N) is 2. The molecule has 0 radical (unpaired) electrons. The fraction of sp³-hybridized carbons (Fsp3) is 0.875. The van der Waals surface area contributed by atoms with Crippen LogP contribution in [0.2, 0.25) is 0 Å². The van der Waals surface area contributed by atoms with E-state index >= 15 is 0 Å². The van der Waals surface area contributed by atoms with Gasteiger partial charge in [0.15, 0.2) is 5.96 Å². The molecule has 1 heterocycles. The van der Waals surface area contributed by atoms with E-state index in [0.717, 1.165) is 38.2 Å². The maximum absolute atomic E-state index is 12.0. The molecule has 138 valence electrons. The fourth-order valence-electron chi connectivity index (χ4n) is 3.33. The molecule has 0 aromatic carbocycles. The van der Waals surface area contributed by atoms with Crippen molar-refractivity contribution in [3.05, 3.63) is 0 Å². The van der Waals surface area contributed by atoms with Crippen LogP contribution in [0.5, 0.6) is 0 Å². The lowest BCUT2D eigenvalue weighted by molar-refractivity contribution is -0.149. The first-order valence-electron chi connectivity index (χ1n) is 8.58. The predicted molar refractivity (Wildman–Crippen MR) is 93.7 cm³/mol. The van der Waals surface area contributed by atoms with Gasteiger partial charge in [-0.15, -0.1) is 0 Å². The van der Waals surface area contributed by atoms with Crippen molar-refractivity contribution in [2.45, 2.75) is 32.6 Å². The van der Waals surface area contributed by atoms with Gasteiger partial charge >= 0.3 is 5.97 Å². The van der Waals surface area contributed by atoms with E-state index in [-0.39, 0.29) is 23.1 Å². The normalized spacial score (nSPS) is 23.7. The molecule has 1 saturated heterocycles. The van der Waals surface area contributed by atoms with Gasteiger partial charge in [-0.2, -0.15) is 0 Å². The van der Waals surface area contributed by atoms with Crippen LogP contribution in [-0.4, -0.2) is 70.5 Å². The predicted octanol–water partition coefficient (Wildman–Crippen LogP) is 0.662. The summed E-state index contributed by atoms with van der Waals surface area (Å²) in [7, 11) is -1.27. The zero-order chi connectivity index (χ0) is 17.8. The van der Waals surface area contributed by atoms with Gasteiger partial charge in [0.05, 0.1) is 18.3 Å². The largest absolute Gasteiger partial charge is 0.466 e. The molecule has 0 amide bonds. The van der Waals surface area contributed by atoms with Gasteiger partial charge in [0.1, 0.15) is 9.84 Å². The van der Waals surface area contributed by atoms with E-state index in [0.29, 0.717) is 19.7 Å². The number of hydrogen-bond acceptors (Lipinski definition) is 5. The Morgan fingerprint density at radius 1 is 1.42 bits per heavy atom. The maximum atomic E-state index is 12.0. The minimum Gasteiger partial charge on any atom is -0.466 e. The van der Waals surface area contributed by atoms with Crippen molar-refractivity contribution in [2.24, 2.45) is 16.3 Å². The molecule has 2 fully saturated rings. The molecule has 2 aliphatic rings. The molecule has 0 spiro atoms. The van der Waals surface area contributed by atoms with Crippen molar-refractivity contribution >= 4 is 21.8 Å². The minimum absolute atomic E-state index is 0.122. The van der Waals surface area contributed by atoms with Gasteiger partial charge in [0.25, 0.3) is 0 Å². The van der Waals surface area contributed by atoms with Gasteiger partial charge in [0, 0.05) is 38.4 Å². The highest BCUT2D eigenvalue weighted by atomic mass is 32.2. The lowest BCUT2D eigenvalue weighted by Crippen LogP contribution is -2.49. The summed E-state index contributed by atoms with van der Waals surface area (Å²) in [6, 6.07) is 0. The first-order valence-corrected chi connectivity index (χ1v) is 10.6. The summed E-state index contributed by atoms with van der Waals surface area (Å²) in [5.74, 6) is 0.690. The Labute approximate surface area is 144 Å². The number of ether oxygens (including phenoxy) is 1. The SMILES string of the molecule is CCOC(=O)[C@@H]1CCCN(C(=NC)NCC2(CS(C)(=O)=O)CC2)C1. The molecule has 7 nitrogen and oxygen atoms in total. The molecular formula is C16H29N3O4S. The van der Waals surface area contributed by atoms with Crippen LogP contribution in [0.4, 0.5) is 0 Å². The second-order valence-corrected chi connectivity index (χ2v) is 9.15. The number of carbonyl (C=O) groups excluding carboxylic acids is 1. The van der Waals surface area contributed by atoms with E-state index in [1.54, 1.807) is 7.05 Å². The smallest absolute Gasteiger partial charge is 0.310 e. The summed E-state index contributed by atoms with van der Waals surface area (Å²) in [6.45, 7) is 4.26. The standard InChI is InChI=1S/C16H29N3O4S/c1-4-23-14(20)13-6-5-9-19(10-13)15(17-2)18-11-16(7-8-16)12-24(3,21)22/h13H,4-12H2,1-3H3,(H,17,18)/t13-/m1/s1. The molecule has 2 rings (SSSR count). The van der Waals surface area contributed by atoms with Crippen LogP contribution in [-0.2, 0) is 19.4 Å². The van der Waals surface area contributed by atoms with Crippen molar-refractivity contribution in [2.75, 3.05) is 45.3 Å². The van der Waals surface area contributed by atoms with Crippen molar-refractivity contribution in [3.63, 3.8) is 0 Å². The van der Waals surface area contributed by atoms with E-state index in [1.807, 2.05) is 6.92 Å². The number of nitrogens with one attached hydrogen (secondary N) is 1. The van der Waals surface area contributed by atoms with Gasteiger partial charge in [-0.25, -0.2) is 8.42 Å². The third-order valence-corrected chi connectivity index (χ3v) is 5.84. The van der Waals surface area contributed by atoms with Crippen molar-refractivity contribution < 1.29 is 17.9 Å². The average Bonchev–Trinajstić information content (AvgIpc) is 3.26. The lowest BCUT2D eigenvalue weighted by atomic mass is 9.98. The zero-order valence-corrected chi connectivity index (χ0v) is 15.7. The molecule has 0 bridgehead atoms. The molecule has 1 aliphatic heterocycles.